The summed E-state index contributed by atoms with van der Waals surface area (Å²) in [5, 5.41) is 0. The number of carbonyl (C=O) groups is 1. The summed E-state index contributed by atoms with van der Waals surface area (Å²) in [4.78, 5) is 14.4. The van der Waals surface area contributed by atoms with Crippen LogP contribution in [0.3, 0.4) is 0 Å². The van der Waals surface area contributed by atoms with E-state index >= 15 is 0 Å². The van der Waals surface area contributed by atoms with Gasteiger partial charge >= 0.3 is 5.97 Å². The first kappa shape index (κ1) is 9.48. The molecule has 0 aliphatic carbocycles. The van der Waals surface area contributed by atoms with E-state index in [1.165, 1.54) is 14.2 Å². The second-order valence-corrected chi connectivity index (χ2v) is 1.69. The zero-order valence-electron chi connectivity index (χ0n) is 6.50. The number of aliphatic imine (C=N–C) groups is 1. The fourth-order valence-electron chi connectivity index (χ4n) is 0.514. The van der Waals surface area contributed by atoms with Crippen LogP contribution in [0.25, 0.3) is 0 Å². The highest BCUT2D eigenvalue weighted by molar-refractivity contribution is 6.42. The average Bonchev–Trinajstić information content (AvgIpc) is 2.05. The summed E-state index contributed by atoms with van der Waals surface area (Å²) in [5.74, 6) is -0.591. The van der Waals surface area contributed by atoms with Crippen LogP contribution in [0.5, 0.6) is 0 Å². The van der Waals surface area contributed by atoms with Crippen molar-refractivity contribution in [1.29, 1.82) is 0 Å². The molecule has 0 unspecified atom stereocenters. The fraction of sp³-hybridized carbons (Fsp3) is 0.333. The van der Waals surface area contributed by atoms with E-state index in [-0.39, 0.29) is 11.4 Å². The van der Waals surface area contributed by atoms with E-state index in [4.69, 9.17) is 11.5 Å². The zero-order chi connectivity index (χ0) is 8.85. The van der Waals surface area contributed by atoms with Gasteiger partial charge in [-0.1, -0.05) is 0 Å². The molecule has 4 N–H and O–H groups in total. The van der Waals surface area contributed by atoms with Crippen molar-refractivity contribution in [2.24, 2.45) is 16.5 Å². The Hall–Kier alpha value is -1.52. The van der Waals surface area contributed by atoms with Crippen LogP contribution in [0.2, 0.25) is 0 Å². The molecule has 0 aliphatic heterocycles. The number of ether oxygens (including phenoxy) is 1. The second kappa shape index (κ2) is 4.32. The van der Waals surface area contributed by atoms with Crippen molar-refractivity contribution in [1.82, 2.24) is 0 Å². The average molecular weight is 157 g/mol. The summed E-state index contributed by atoms with van der Waals surface area (Å²) in [5.41, 5.74) is 10.5. The molecule has 5 heteroatoms. The summed E-state index contributed by atoms with van der Waals surface area (Å²) >= 11 is 0. The molecule has 0 saturated heterocycles. The van der Waals surface area contributed by atoms with Gasteiger partial charge in [-0.05, 0) is 0 Å². The first-order chi connectivity index (χ1) is 5.17. The highest BCUT2D eigenvalue weighted by atomic mass is 16.5. The summed E-state index contributed by atoms with van der Waals surface area (Å²) in [7, 11) is 2.68. The molecule has 0 bridgehead atoms. The Balaban J connectivity index is 4.57. The van der Waals surface area contributed by atoms with Crippen LogP contribution < -0.4 is 11.5 Å². The maximum absolute atomic E-state index is 10.8. The molecule has 0 radical (unpaired) electrons. The molecule has 0 aromatic rings. The molecular weight excluding hydrogens is 146 g/mol. The SMILES string of the molecule is CN=C(C(=O)OC)/C(N)=C\N. The Bertz CT molecular complexity index is 208. The lowest BCUT2D eigenvalue weighted by atomic mass is 10.3. The Morgan fingerprint density at radius 1 is 1.64 bits per heavy atom. The molecule has 0 spiro atoms. The Labute approximate surface area is 64.7 Å². The standard InChI is InChI=1S/C6H11N3O2/c1-9-5(4(8)3-7)6(10)11-2/h3H,7-8H2,1-2H3/b4-3+,9-5?. The molecular formula is C6H11N3O2. The summed E-state index contributed by atoms with van der Waals surface area (Å²) in [6.07, 6.45) is 1.10. The number of esters is 1. The minimum atomic E-state index is -0.591. The minimum Gasteiger partial charge on any atom is -0.464 e. The van der Waals surface area contributed by atoms with Crippen LogP contribution in [-0.4, -0.2) is 25.8 Å². The highest BCUT2D eigenvalue weighted by Crippen LogP contribution is 1.90. The van der Waals surface area contributed by atoms with Gasteiger partial charge in [-0.3, -0.25) is 4.99 Å². The third-order valence-electron chi connectivity index (χ3n) is 1.06. The maximum Gasteiger partial charge on any atom is 0.358 e. The molecule has 0 aromatic heterocycles. The number of rotatable bonds is 2. The third kappa shape index (κ3) is 2.29. The number of hydrogen-bond donors (Lipinski definition) is 2. The molecule has 0 saturated carbocycles. The van der Waals surface area contributed by atoms with Gasteiger partial charge in [0.2, 0.25) is 0 Å². The van der Waals surface area contributed by atoms with E-state index in [2.05, 4.69) is 9.73 Å². The van der Waals surface area contributed by atoms with Crippen LogP contribution in [0.4, 0.5) is 0 Å². The van der Waals surface area contributed by atoms with Crippen molar-refractivity contribution in [3.63, 3.8) is 0 Å². The fourth-order valence-corrected chi connectivity index (χ4v) is 0.514. The lowest BCUT2D eigenvalue weighted by Gasteiger charge is -2.01. The normalized spacial score (nSPS) is 12.9. The zero-order valence-corrected chi connectivity index (χ0v) is 6.50. The molecule has 0 aliphatic rings. The summed E-state index contributed by atoms with van der Waals surface area (Å²) in [6.45, 7) is 0. The lowest BCUT2D eigenvalue weighted by Crippen LogP contribution is -2.23. The van der Waals surface area contributed by atoms with Crippen LogP contribution in [0.1, 0.15) is 0 Å². The van der Waals surface area contributed by atoms with Crippen LogP contribution in [0, 0.1) is 0 Å². The van der Waals surface area contributed by atoms with E-state index in [1.54, 1.807) is 0 Å². The quantitative estimate of drug-likeness (QED) is 0.397. The molecule has 0 aromatic carbocycles. The Kier molecular flexibility index (Phi) is 3.72. The van der Waals surface area contributed by atoms with E-state index in [1.807, 2.05) is 0 Å². The number of hydrogen-bond acceptors (Lipinski definition) is 5. The lowest BCUT2D eigenvalue weighted by molar-refractivity contribution is -0.132. The van der Waals surface area contributed by atoms with E-state index in [0.29, 0.717) is 0 Å². The van der Waals surface area contributed by atoms with Gasteiger partial charge in [-0.2, -0.15) is 0 Å². The molecule has 5 nitrogen and oxygen atoms in total. The van der Waals surface area contributed by atoms with E-state index in [0.717, 1.165) is 6.20 Å². The van der Waals surface area contributed by atoms with Crippen molar-refractivity contribution >= 4 is 11.7 Å². The number of carbonyl (C=O) groups excluding carboxylic acids is 1. The highest BCUT2D eigenvalue weighted by Gasteiger charge is 2.12. The molecule has 0 rings (SSSR count). The van der Waals surface area contributed by atoms with E-state index < -0.39 is 5.97 Å². The van der Waals surface area contributed by atoms with Gasteiger partial charge in [-0.15, -0.1) is 0 Å². The van der Waals surface area contributed by atoms with Gasteiger partial charge < -0.3 is 16.2 Å². The van der Waals surface area contributed by atoms with Crippen molar-refractivity contribution in [3.05, 3.63) is 11.9 Å². The van der Waals surface area contributed by atoms with Crippen molar-refractivity contribution < 1.29 is 9.53 Å². The monoisotopic (exact) mass is 157 g/mol. The van der Waals surface area contributed by atoms with Gasteiger partial charge in [0.15, 0.2) is 5.71 Å². The first-order valence-corrected chi connectivity index (χ1v) is 2.90. The largest absolute Gasteiger partial charge is 0.464 e. The Morgan fingerprint density at radius 3 is 2.45 bits per heavy atom. The predicted molar refractivity (Wildman–Crippen MR) is 41.8 cm³/mol. The topological polar surface area (TPSA) is 90.7 Å². The van der Waals surface area contributed by atoms with Gasteiger partial charge in [0, 0.05) is 13.2 Å². The first-order valence-electron chi connectivity index (χ1n) is 2.90. The molecule has 0 atom stereocenters. The maximum atomic E-state index is 10.8. The van der Waals surface area contributed by atoms with Crippen molar-refractivity contribution in [2.75, 3.05) is 14.2 Å². The van der Waals surface area contributed by atoms with Gasteiger partial charge in [0.05, 0.1) is 12.8 Å². The van der Waals surface area contributed by atoms with Crippen LogP contribution in [0.15, 0.2) is 16.9 Å². The Morgan fingerprint density at radius 2 is 2.18 bits per heavy atom. The summed E-state index contributed by atoms with van der Waals surface area (Å²) in [6, 6.07) is 0. The van der Waals surface area contributed by atoms with E-state index in [9.17, 15) is 4.79 Å². The molecule has 0 amide bonds. The second-order valence-electron chi connectivity index (χ2n) is 1.69. The molecule has 0 fully saturated rings. The molecule has 62 valence electrons. The predicted octanol–water partition coefficient (Wildman–Crippen LogP) is -1.01. The number of methoxy groups -OCH3 is 1. The van der Waals surface area contributed by atoms with Gasteiger partial charge in [0.25, 0.3) is 0 Å². The van der Waals surface area contributed by atoms with Crippen molar-refractivity contribution in [2.45, 2.75) is 0 Å². The molecule has 0 heterocycles. The molecule has 11 heavy (non-hydrogen) atoms. The van der Waals surface area contributed by atoms with Crippen LogP contribution in [-0.2, 0) is 9.53 Å². The van der Waals surface area contributed by atoms with Gasteiger partial charge in [-0.25, -0.2) is 4.79 Å². The number of nitrogens with two attached hydrogens (primary N) is 2. The number of nitrogens with zero attached hydrogens (tertiary/aromatic N) is 1. The van der Waals surface area contributed by atoms with Crippen molar-refractivity contribution in [3.8, 4) is 0 Å². The van der Waals surface area contributed by atoms with Gasteiger partial charge in [0.1, 0.15) is 0 Å². The summed E-state index contributed by atoms with van der Waals surface area (Å²) < 4.78 is 4.38. The smallest absolute Gasteiger partial charge is 0.358 e. The third-order valence-corrected chi connectivity index (χ3v) is 1.06. The van der Waals surface area contributed by atoms with Crippen LogP contribution >= 0.6 is 0 Å². The minimum absolute atomic E-state index is 0.0370.